The van der Waals surface area contributed by atoms with E-state index in [2.05, 4.69) is 193 Å². The summed E-state index contributed by atoms with van der Waals surface area (Å²) in [6.07, 6.45) is -14.2. The van der Waals surface area contributed by atoms with E-state index in [1.165, 1.54) is 91.2 Å². The number of nitrogens with one attached hydrogen (secondary N) is 8. The minimum absolute atomic E-state index is 0.0326. The lowest BCUT2D eigenvalue weighted by molar-refractivity contribution is -0.298. The number of rotatable bonds is 20. The summed E-state index contributed by atoms with van der Waals surface area (Å²) in [7, 11) is 0. The number of halogens is 12. The molecule has 4 aliphatic heterocycles. The van der Waals surface area contributed by atoms with Gasteiger partial charge in [0.1, 0.15) is 0 Å². The molecule has 4 aromatic heterocycles. The van der Waals surface area contributed by atoms with Gasteiger partial charge in [-0.1, -0.05) is 121 Å². The van der Waals surface area contributed by atoms with Crippen LogP contribution in [0.2, 0.25) is 0 Å². The third-order valence-electron chi connectivity index (χ3n) is 25.1. The number of carbonyl (C=O) groups is 5. The Labute approximate surface area is 802 Å². The molecule has 0 aliphatic carbocycles. The van der Waals surface area contributed by atoms with Gasteiger partial charge in [0, 0.05) is 196 Å². The van der Waals surface area contributed by atoms with Crippen LogP contribution in [0.1, 0.15) is 140 Å². The third kappa shape index (κ3) is 24.4. The highest BCUT2D eigenvalue weighted by molar-refractivity contribution is 5.94. The molecule has 33 heteroatoms. The van der Waals surface area contributed by atoms with E-state index in [0.717, 1.165) is 197 Å². The van der Waals surface area contributed by atoms with Crippen molar-refractivity contribution >= 4 is 91.6 Å². The summed E-state index contributed by atoms with van der Waals surface area (Å²) >= 11 is 0. The largest absolute Gasteiger partial charge is 0.406 e. The third-order valence-corrected chi connectivity index (χ3v) is 25.1. The van der Waals surface area contributed by atoms with Crippen molar-refractivity contribution in [1.82, 2.24) is 35.2 Å². The maximum absolute atomic E-state index is 13.3. The molecular weight excluding hydrogens is 1820 g/mol. The molecule has 10 aromatic carbocycles. The fraction of sp³-hybridized carbons (Fsp3) is 0.290. The number of fused-ring (bicyclic) bond motifs is 5. The second kappa shape index (κ2) is 42.6. The van der Waals surface area contributed by atoms with E-state index in [1.807, 2.05) is 91.2 Å². The summed E-state index contributed by atoms with van der Waals surface area (Å²) in [6, 6.07) is 72.0. The Morgan fingerprint density at radius 2 is 0.564 bits per heavy atom. The van der Waals surface area contributed by atoms with Crippen molar-refractivity contribution in [3.05, 3.63) is 321 Å². The molecule has 18 rings (SSSR count). The zero-order valence-corrected chi connectivity index (χ0v) is 78.9. The number of hydrogen-bond donors (Lipinski definition) is 8. The number of anilines is 9. The maximum Gasteiger partial charge on any atom is 0.406 e. The monoisotopic (exact) mass is 1920 g/mol. The Morgan fingerprint density at radius 1 is 0.307 bits per heavy atom. The van der Waals surface area contributed by atoms with Crippen molar-refractivity contribution in [2.75, 3.05) is 72.4 Å². The number of amides is 5. The Morgan fingerprint density at radius 3 is 0.836 bits per heavy atom. The molecule has 5 amide bonds. The van der Waals surface area contributed by atoms with Crippen molar-refractivity contribution in [2.45, 2.75) is 176 Å². The molecule has 0 saturated carbocycles. The van der Waals surface area contributed by atoms with E-state index in [9.17, 15) is 76.7 Å². The molecule has 8 N–H and O–H groups in total. The van der Waals surface area contributed by atoms with Crippen molar-refractivity contribution in [2.24, 2.45) is 0 Å². The van der Waals surface area contributed by atoms with Crippen LogP contribution < -0.4 is 46.2 Å². The first kappa shape index (κ1) is 101. The number of carbonyl (C=O) groups excluding carboxylic acids is 5. The van der Waals surface area contributed by atoms with Gasteiger partial charge in [0.2, 0.25) is 29.5 Å². The smallest absolute Gasteiger partial charge is 0.367 e. The van der Waals surface area contributed by atoms with Crippen LogP contribution in [-0.2, 0) is 93.2 Å². The second-order valence-corrected chi connectivity index (χ2v) is 35.9. The molecule has 0 radical (unpaired) electrons. The molecular formula is C107H108F12N16O5. The summed E-state index contributed by atoms with van der Waals surface area (Å²) in [5.74, 6) is -0.496. The van der Waals surface area contributed by atoms with Gasteiger partial charge in [-0.25, -0.2) is 0 Å². The van der Waals surface area contributed by atoms with E-state index in [1.54, 1.807) is 19.1 Å². The van der Waals surface area contributed by atoms with Gasteiger partial charge in [0.05, 0.1) is 17.1 Å². The Balaban J connectivity index is 0.000000140. The van der Waals surface area contributed by atoms with E-state index in [-0.39, 0.29) is 43.4 Å². The normalized spacial score (nSPS) is 13.4. The van der Waals surface area contributed by atoms with E-state index in [4.69, 9.17) is 0 Å². The van der Waals surface area contributed by atoms with Gasteiger partial charge in [-0.05, 0) is 250 Å². The van der Waals surface area contributed by atoms with Gasteiger partial charge in [-0.15, -0.1) is 0 Å². The first-order valence-corrected chi connectivity index (χ1v) is 45.7. The lowest BCUT2D eigenvalue weighted by Gasteiger charge is -2.35. The lowest BCUT2D eigenvalue weighted by Crippen LogP contribution is -2.51. The number of aryl methyl sites for hydroxylation is 5. The van der Waals surface area contributed by atoms with Crippen LogP contribution in [0.3, 0.4) is 0 Å². The molecule has 4 aliphatic rings. The number of aromatic amines is 3. The minimum Gasteiger partial charge on any atom is -0.367 e. The van der Waals surface area contributed by atoms with Crippen molar-refractivity contribution in [3.63, 3.8) is 0 Å². The maximum atomic E-state index is 13.3. The average molecular weight is 1930 g/mol. The topological polar surface area (TPSA) is 249 Å². The molecule has 14 aromatic rings. The molecule has 0 bridgehead atoms. The summed E-state index contributed by atoms with van der Waals surface area (Å²) < 4.78 is 161. The van der Waals surface area contributed by atoms with Crippen LogP contribution in [0.5, 0.6) is 0 Å². The van der Waals surface area contributed by atoms with Crippen LogP contribution in [-0.4, -0.2) is 116 Å². The summed E-state index contributed by atoms with van der Waals surface area (Å²) in [5.41, 5.74) is 19.0. The predicted octanol–water partition coefficient (Wildman–Crippen LogP) is 24.1. The van der Waals surface area contributed by atoms with Gasteiger partial charge in [-0.3, -0.25) is 39.3 Å². The van der Waals surface area contributed by atoms with Crippen molar-refractivity contribution < 1.29 is 76.7 Å². The van der Waals surface area contributed by atoms with Gasteiger partial charge in [-0.2, -0.15) is 68.0 Å². The van der Waals surface area contributed by atoms with Crippen molar-refractivity contribution in [3.8, 4) is 33.8 Å². The standard InChI is InChI=1S/C22H22F6N2O.C22H24N4O.C21H20F6N2O.C21H22N4O.C21H20N4O/c1-14(31)29-18-9-10-19-16(12-18)4-3-11-30(19)13-15-5-7-17(8-6-15)20(2,21(23,24)25)22(26,27)28;1-15-12-21(25-24-15)18-7-5-17(6-8-18)14-26-11-3-4-19-13-20(23-16(2)27)9-10-22(19)26;1-13(30)28-17-7-8-18-15(11-17)9-10-29(18)12-14-3-5-16(6-4-14)19(2,20(22,23)24)21(25,26)27;2*1-14-11-20(24-23-14)17-5-3-16(4-6-17)13-25-10-9-18-12-19(22-15(2)26)7-8-21(18)25/h5-10,12H,3-4,11,13H2,1-2H3,(H,29,31);5-10,12-13H,3-4,11,14H2,1-2H3,(H,23,27)(H,24,25);3-8,11H,9-10,12H2,1-2H3,(H,28,30);3-8,11-12H,9-10,13H2,1-2H3,(H,22,26)(H,23,24);3-12H,13H2,1-2H3,(H,22,26)(H,23,24). The molecule has 0 spiro atoms. The molecule has 8 heterocycles. The highest BCUT2D eigenvalue weighted by Gasteiger charge is 2.69. The van der Waals surface area contributed by atoms with Gasteiger partial charge in [0.15, 0.2) is 10.8 Å². The second-order valence-electron chi connectivity index (χ2n) is 35.9. The minimum atomic E-state index is -5.47. The first-order valence-electron chi connectivity index (χ1n) is 45.7. The molecule has 0 fully saturated rings. The van der Waals surface area contributed by atoms with E-state index >= 15 is 0 Å². The summed E-state index contributed by atoms with van der Waals surface area (Å²) in [4.78, 5) is 65.0. The highest BCUT2D eigenvalue weighted by atomic mass is 19.4. The predicted molar refractivity (Wildman–Crippen MR) is 525 cm³/mol. The molecule has 0 atom stereocenters. The Bertz CT molecular complexity index is 6710. The number of hydrogen-bond acceptors (Lipinski definition) is 12. The molecule has 140 heavy (non-hydrogen) atoms. The summed E-state index contributed by atoms with van der Waals surface area (Å²) in [5, 5.41) is 37.0. The fourth-order valence-corrected chi connectivity index (χ4v) is 17.7. The van der Waals surface area contributed by atoms with E-state index in [0.29, 0.717) is 48.7 Å². The number of nitrogens with zero attached hydrogens (tertiary/aromatic N) is 8. The molecule has 0 saturated heterocycles. The number of aromatic nitrogens is 7. The van der Waals surface area contributed by atoms with Gasteiger partial charge < -0.3 is 50.8 Å². The van der Waals surface area contributed by atoms with Crippen molar-refractivity contribution in [1.29, 1.82) is 0 Å². The van der Waals surface area contributed by atoms with Crippen LogP contribution in [0.15, 0.2) is 243 Å². The average Bonchev–Trinajstić information content (AvgIpc) is 1.01. The highest BCUT2D eigenvalue weighted by Crippen LogP contribution is 2.54. The van der Waals surface area contributed by atoms with Crippen LogP contribution in [0, 0.1) is 20.8 Å². The quantitative estimate of drug-likeness (QED) is 0.0332. The Kier molecular flexibility index (Phi) is 30.7. The van der Waals surface area contributed by atoms with Crippen LogP contribution in [0.4, 0.5) is 104 Å². The summed E-state index contributed by atoms with van der Waals surface area (Å²) in [6.45, 7) is 20.4. The van der Waals surface area contributed by atoms with Gasteiger partial charge >= 0.3 is 24.7 Å². The molecule has 730 valence electrons. The van der Waals surface area contributed by atoms with E-state index < -0.39 is 46.7 Å². The number of benzene rings is 10. The first-order chi connectivity index (χ1) is 66.4. The van der Waals surface area contributed by atoms with Crippen LogP contribution in [0.25, 0.3) is 44.7 Å². The fourth-order valence-electron chi connectivity index (χ4n) is 17.7. The molecule has 0 unspecified atom stereocenters. The van der Waals surface area contributed by atoms with Gasteiger partial charge in [0.25, 0.3) is 0 Å². The Hall–Kier alpha value is -14.9. The molecule has 21 nitrogen and oxygen atoms in total. The van der Waals surface area contributed by atoms with Crippen LogP contribution >= 0.6 is 0 Å². The SMILES string of the molecule is CC(=O)Nc1ccc2c(c1)CCCN2Cc1ccc(-c2cc(C)[nH]n2)cc1.CC(=O)Nc1ccc2c(c1)CCCN2Cc1ccc(C(C)(C(F)(F)F)C(F)(F)F)cc1.CC(=O)Nc1ccc2c(c1)CCN2Cc1ccc(-c2cc(C)[nH]n2)cc1.CC(=O)Nc1ccc2c(c1)CCN2Cc1ccc(C(C)(C(F)(F)F)C(F)(F)F)cc1.CC(=O)Nc1ccc2c(ccn2Cc2ccc(-c3cc(C)[nH]n3)cc2)c1. The zero-order valence-electron chi connectivity index (χ0n) is 78.9. The lowest BCUT2D eigenvalue weighted by atomic mass is 9.80. The number of alkyl halides is 12. The number of H-pyrrole nitrogens is 3. The zero-order chi connectivity index (χ0) is 100.